The fourth-order valence-electron chi connectivity index (χ4n) is 3.09. The fraction of sp³-hybridized carbons (Fsp3) is 0.650. The lowest BCUT2D eigenvalue weighted by molar-refractivity contribution is 0.0485. The molecule has 0 spiro atoms. The zero-order valence-corrected chi connectivity index (χ0v) is 15.7. The molecule has 5 heteroatoms. The molecule has 2 rings (SSSR count). The van der Waals surface area contributed by atoms with E-state index in [0.717, 1.165) is 13.2 Å². The van der Waals surface area contributed by atoms with Crippen molar-refractivity contribution in [3.05, 3.63) is 35.9 Å². The number of nitrogens with one attached hydrogen (secondary N) is 2. The number of hydrogen-bond acceptors (Lipinski definition) is 4. The Bertz CT molecular complexity index is 505. The van der Waals surface area contributed by atoms with E-state index >= 15 is 0 Å². The predicted molar refractivity (Wildman–Crippen MR) is 98.9 cm³/mol. The maximum atomic E-state index is 11.6. The van der Waals surface area contributed by atoms with Crippen LogP contribution in [0.2, 0.25) is 0 Å². The molecule has 1 aliphatic carbocycles. The van der Waals surface area contributed by atoms with E-state index in [-0.39, 0.29) is 0 Å². The van der Waals surface area contributed by atoms with Crippen molar-refractivity contribution in [1.82, 2.24) is 10.9 Å². The number of ether oxygens (including phenoxy) is 2. The molecule has 1 fully saturated rings. The summed E-state index contributed by atoms with van der Waals surface area (Å²) in [4.78, 5) is 11.6. The molecule has 1 aromatic carbocycles. The highest BCUT2D eigenvalue weighted by Crippen LogP contribution is 2.28. The van der Waals surface area contributed by atoms with Crippen LogP contribution < -0.4 is 10.9 Å². The lowest BCUT2D eigenvalue weighted by atomic mass is 9.82. The summed E-state index contributed by atoms with van der Waals surface area (Å²) in [6.45, 7) is 7.89. The molecule has 25 heavy (non-hydrogen) atoms. The van der Waals surface area contributed by atoms with Gasteiger partial charge in [-0.2, -0.15) is 0 Å². The minimum Gasteiger partial charge on any atom is -0.443 e. The summed E-state index contributed by atoms with van der Waals surface area (Å²) in [5.74, 6) is 1.25. The summed E-state index contributed by atoms with van der Waals surface area (Å²) in [7, 11) is 0. The SMILES string of the molecule is CC(C)(C)OC(=O)NNC[C@H]1CC[C@H](COCc2ccccc2)CC1. The number of rotatable bonds is 7. The molecule has 1 aliphatic rings. The van der Waals surface area contributed by atoms with Crippen molar-refractivity contribution in [2.75, 3.05) is 13.2 Å². The van der Waals surface area contributed by atoms with Gasteiger partial charge in [-0.15, -0.1) is 0 Å². The van der Waals surface area contributed by atoms with Crippen LogP contribution in [0, 0.1) is 11.8 Å². The van der Waals surface area contributed by atoms with Crippen molar-refractivity contribution in [3.8, 4) is 0 Å². The Morgan fingerprint density at radius 1 is 1.08 bits per heavy atom. The average molecular weight is 348 g/mol. The van der Waals surface area contributed by atoms with Gasteiger partial charge in [0, 0.05) is 13.2 Å². The summed E-state index contributed by atoms with van der Waals surface area (Å²) in [6.07, 6.45) is 4.29. The largest absolute Gasteiger partial charge is 0.443 e. The molecule has 1 aromatic rings. The van der Waals surface area contributed by atoms with Crippen LogP contribution in [0.15, 0.2) is 30.3 Å². The second kappa shape index (κ2) is 9.78. The first kappa shape index (κ1) is 19.7. The second-order valence-electron chi connectivity index (χ2n) is 7.90. The van der Waals surface area contributed by atoms with Gasteiger partial charge >= 0.3 is 6.09 Å². The first-order valence-electron chi connectivity index (χ1n) is 9.26. The Hall–Kier alpha value is -1.59. The lowest BCUT2D eigenvalue weighted by Crippen LogP contribution is -2.43. The normalized spacial score (nSPS) is 20.9. The van der Waals surface area contributed by atoms with Crippen LogP contribution in [0.4, 0.5) is 4.79 Å². The molecule has 0 bridgehead atoms. The number of hydrogen-bond donors (Lipinski definition) is 2. The van der Waals surface area contributed by atoms with Crippen molar-refractivity contribution in [1.29, 1.82) is 0 Å². The predicted octanol–water partition coefficient (Wildman–Crippen LogP) is 4.04. The Morgan fingerprint density at radius 3 is 2.36 bits per heavy atom. The summed E-state index contributed by atoms with van der Waals surface area (Å²) < 4.78 is 11.1. The van der Waals surface area contributed by atoms with Gasteiger partial charge in [-0.3, -0.25) is 5.43 Å². The Labute approximate surface area is 151 Å². The first-order chi connectivity index (χ1) is 11.9. The molecular weight excluding hydrogens is 316 g/mol. The highest BCUT2D eigenvalue weighted by molar-refractivity contribution is 5.66. The maximum absolute atomic E-state index is 11.6. The zero-order valence-electron chi connectivity index (χ0n) is 15.7. The molecule has 0 saturated heterocycles. The molecule has 0 heterocycles. The highest BCUT2D eigenvalue weighted by atomic mass is 16.6. The van der Waals surface area contributed by atoms with Crippen LogP contribution in [0.3, 0.4) is 0 Å². The smallest absolute Gasteiger partial charge is 0.422 e. The van der Waals surface area contributed by atoms with E-state index in [1.807, 2.05) is 39.0 Å². The van der Waals surface area contributed by atoms with Gasteiger partial charge in [0.15, 0.2) is 0 Å². The maximum Gasteiger partial charge on any atom is 0.422 e. The van der Waals surface area contributed by atoms with E-state index < -0.39 is 11.7 Å². The molecule has 0 radical (unpaired) electrons. The van der Waals surface area contributed by atoms with Crippen molar-refractivity contribution in [3.63, 3.8) is 0 Å². The van der Waals surface area contributed by atoms with Crippen LogP contribution >= 0.6 is 0 Å². The van der Waals surface area contributed by atoms with Gasteiger partial charge in [-0.25, -0.2) is 10.2 Å². The standard InChI is InChI=1S/C20H32N2O3/c1-20(2,3)25-19(23)22-21-13-16-9-11-18(12-10-16)15-24-14-17-7-5-4-6-8-17/h4-8,16,18,21H,9-15H2,1-3H3,(H,22,23)/t16-,18-. The molecule has 2 N–H and O–H groups in total. The number of carbonyl (C=O) groups is 1. The number of carbonyl (C=O) groups excluding carboxylic acids is 1. The minimum absolute atomic E-state index is 0.421. The summed E-state index contributed by atoms with van der Waals surface area (Å²) in [5.41, 5.74) is 6.38. The van der Waals surface area contributed by atoms with Crippen molar-refractivity contribution in [2.24, 2.45) is 11.8 Å². The molecule has 0 unspecified atom stereocenters. The van der Waals surface area contributed by atoms with E-state index in [9.17, 15) is 4.79 Å². The van der Waals surface area contributed by atoms with Gasteiger partial charge in [-0.05, 0) is 63.9 Å². The number of benzene rings is 1. The van der Waals surface area contributed by atoms with Gasteiger partial charge in [0.25, 0.3) is 0 Å². The quantitative estimate of drug-likeness (QED) is 0.730. The summed E-state index contributed by atoms with van der Waals surface area (Å²) in [5, 5.41) is 0. The first-order valence-corrected chi connectivity index (χ1v) is 9.26. The van der Waals surface area contributed by atoms with E-state index in [1.54, 1.807) is 0 Å². The van der Waals surface area contributed by atoms with Gasteiger partial charge in [-0.1, -0.05) is 30.3 Å². The van der Waals surface area contributed by atoms with Crippen molar-refractivity contribution in [2.45, 2.75) is 58.7 Å². The van der Waals surface area contributed by atoms with E-state index in [1.165, 1.54) is 31.2 Å². The Kier molecular flexibility index (Phi) is 7.72. The monoisotopic (exact) mass is 348 g/mol. The fourth-order valence-corrected chi connectivity index (χ4v) is 3.09. The number of amides is 1. The van der Waals surface area contributed by atoms with Crippen LogP contribution in [0.25, 0.3) is 0 Å². The van der Waals surface area contributed by atoms with Gasteiger partial charge in [0.1, 0.15) is 5.60 Å². The highest BCUT2D eigenvalue weighted by Gasteiger charge is 2.22. The van der Waals surface area contributed by atoms with Crippen LogP contribution in [0.5, 0.6) is 0 Å². The second-order valence-corrected chi connectivity index (χ2v) is 7.90. The summed E-state index contributed by atoms with van der Waals surface area (Å²) in [6, 6.07) is 10.3. The minimum atomic E-state index is -0.469. The van der Waals surface area contributed by atoms with E-state index in [2.05, 4.69) is 23.0 Å². The molecule has 0 aromatic heterocycles. The number of hydrazine groups is 1. The van der Waals surface area contributed by atoms with E-state index in [4.69, 9.17) is 9.47 Å². The Balaban J connectivity index is 1.53. The molecule has 0 aliphatic heterocycles. The molecule has 140 valence electrons. The van der Waals surface area contributed by atoms with Crippen molar-refractivity contribution < 1.29 is 14.3 Å². The van der Waals surface area contributed by atoms with Gasteiger partial charge in [0.2, 0.25) is 0 Å². The molecule has 1 amide bonds. The van der Waals surface area contributed by atoms with Crippen LogP contribution in [0.1, 0.15) is 52.0 Å². The van der Waals surface area contributed by atoms with E-state index in [0.29, 0.717) is 18.4 Å². The van der Waals surface area contributed by atoms with Gasteiger partial charge in [0.05, 0.1) is 6.61 Å². The third-order valence-corrected chi connectivity index (χ3v) is 4.41. The molecule has 1 saturated carbocycles. The Morgan fingerprint density at radius 2 is 1.72 bits per heavy atom. The molecule has 0 atom stereocenters. The van der Waals surface area contributed by atoms with Gasteiger partial charge < -0.3 is 9.47 Å². The topological polar surface area (TPSA) is 59.6 Å². The third-order valence-electron chi connectivity index (χ3n) is 4.41. The molecular formula is C20H32N2O3. The molecule has 5 nitrogen and oxygen atoms in total. The lowest BCUT2D eigenvalue weighted by Gasteiger charge is -2.28. The summed E-state index contributed by atoms with van der Waals surface area (Å²) >= 11 is 0. The average Bonchev–Trinajstić information content (AvgIpc) is 2.56. The van der Waals surface area contributed by atoms with Crippen LogP contribution in [-0.4, -0.2) is 24.8 Å². The van der Waals surface area contributed by atoms with Crippen molar-refractivity contribution >= 4 is 6.09 Å². The third kappa shape index (κ3) is 8.36. The zero-order chi connectivity index (χ0) is 18.1. The van der Waals surface area contributed by atoms with Crippen LogP contribution in [-0.2, 0) is 16.1 Å².